The number of carbonyl (C=O) groups excluding carboxylic acids is 2. The Morgan fingerprint density at radius 2 is 1.03 bits per heavy atom. The van der Waals surface area contributed by atoms with Crippen LogP contribution in [0.5, 0.6) is 0 Å². The zero-order valence-electron chi connectivity index (χ0n) is 36.5. The first-order chi connectivity index (χ1) is 31.2. The van der Waals surface area contributed by atoms with Gasteiger partial charge in [-0.25, -0.2) is 8.42 Å². The van der Waals surface area contributed by atoms with E-state index in [0.717, 1.165) is 62.2 Å². The summed E-state index contributed by atoms with van der Waals surface area (Å²) >= 11 is 6.92. The summed E-state index contributed by atoms with van der Waals surface area (Å²) in [6.45, 7) is 11.1. The molecule has 0 atom stereocenters. The first-order valence-electron chi connectivity index (χ1n) is 20.9. The van der Waals surface area contributed by atoms with Crippen LogP contribution in [0, 0.1) is 6.92 Å². The smallest absolute Gasteiger partial charge is 0.221 e. The minimum atomic E-state index is -3.43. The molecule has 2 amide bonds. The number of hydrogen-bond acceptors (Lipinski definition) is 7. The lowest BCUT2D eigenvalue weighted by Crippen LogP contribution is -2.08. The van der Waals surface area contributed by atoms with Crippen LogP contribution in [0.25, 0.3) is 5.57 Å². The molecular formula is C54H48BrN3O4S3. The van der Waals surface area contributed by atoms with Crippen molar-refractivity contribution in [3.8, 4) is 0 Å². The maximum Gasteiger partial charge on any atom is 0.221 e. The lowest BCUT2D eigenvalue weighted by molar-refractivity contribution is -0.115. The van der Waals surface area contributed by atoms with Crippen LogP contribution in [0.15, 0.2) is 198 Å². The third-order valence-corrected chi connectivity index (χ3v) is 15.1. The average molecular weight is 979 g/mol. The predicted octanol–water partition coefficient (Wildman–Crippen LogP) is 13.5. The standard InChI is InChI=1S/C23H21NO2S2.C23H19NOS.C8H8BrNO/c1-16-7-10-21(11-8-16)28(25,26)15-24-17(2)18-9-12-23-20(13-18)14-19-5-3-4-6-22(19)27-23;1-15(17-7-10-21(11-8-17)24-16(2)25)18-9-12-23-20(13-18)14-19-5-3-4-6-22(19)26-23;1-6(11)10-8-4-2-7(9)3-5-8/h3-13H,14-15H2,1-2H3;3-13H,1,14H2,2H3,(H,24,25);2-5H,1H3,(H,10,11). The highest BCUT2D eigenvalue weighted by Gasteiger charge is 2.19. The van der Waals surface area contributed by atoms with Crippen LogP contribution in [-0.2, 0) is 32.3 Å². The third-order valence-electron chi connectivity index (χ3n) is 10.6. The van der Waals surface area contributed by atoms with Crippen molar-refractivity contribution >= 4 is 83.8 Å². The fourth-order valence-electron chi connectivity index (χ4n) is 7.15. The number of benzene rings is 7. The number of fused-ring (bicyclic) bond motifs is 4. The van der Waals surface area contributed by atoms with Gasteiger partial charge >= 0.3 is 0 Å². The summed E-state index contributed by atoms with van der Waals surface area (Å²) in [5, 5.41) is 5.46. The third kappa shape index (κ3) is 12.6. The number of aliphatic imine (C=N–C) groups is 1. The largest absolute Gasteiger partial charge is 0.326 e. The lowest BCUT2D eigenvalue weighted by atomic mass is 9.95. The molecule has 0 unspecified atom stereocenters. The van der Waals surface area contributed by atoms with Crippen LogP contribution in [0.1, 0.15) is 65.3 Å². The minimum absolute atomic E-state index is 0.0488. The molecular weight excluding hydrogens is 931 g/mol. The topological polar surface area (TPSA) is 105 Å². The van der Waals surface area contributed by atoms with Crippen LogP contribution in [-0.4, -0.2) is 31.8 Å². The van der Waals surface area contributed by atoms with Crippen molar-refractivity contribution in [3.05, 3.63) is 213 Å². The Bertz CT molecular complexity index is 3020. The van der Waals surface area contributed by atoms with Crippen molar-refractivity contribution in [2.75, 3.05) is 16.5 Å². The summed E-state index contributed by atoms with van der Waals surface area (Å²) in [7, 11) is -3.43. The van der Waals surface area contributed by atoms with Gasteiger partial charge < -0.3 is 10.6 Å². The van der Waals surface area contributed by atoms with Gasteiger partial charge in [0.05, 0.1) is 4.90 Å². The Hall–Kier alpha value is -5.98. The molecule has 65 heavy (non-hydrogen) atoms. The number of nitrogens with zero attached hydrogens (tertiary/aromatic N) is 1. The maximum atomic E-state index is 12.5. The number of hydrogen-bond donors (Lipinski definition) is 2. The molecule has 0 saturated carbocycles. The molecule has 0 spiro atoms. The van der Waals surface area contributed by atoms with Crippen molar-refractivity contribution in [2.45, 2.75) is 65.0 Å². The summed E-state index contributed by atoms with van der Waals surface area (Å²) < 4.78 is 26.1. The predicted molar refractivity (Wildman–Crippen MR) is 272 cm³/mol. The van der Waals surface area contributed by atoms with E-state index in [0.29, 0.717) is 4.90 Å². The van der Waals surface area contributed by atoms with Gasteiger partial charge in [0.15, 0.2) is 9.84 Å². The van der Waals surface area contributed by atoms with Crippen LogP contribution in [0.3, 0.4) is 0 Å². The van der Waals surface area contributed by atoms with Gasteiger partial charge in [-0.3, -0.25) is 14.6 Å². The van der Waals surface area contributed by atoms with Crippen LogP contribution < -0.4 is 10.6 Å². The van der Waals surface area contributed by atoms with Crippen LogP contribution in [0.4, 0.5) is 11.4 Å². The van der Waals surface area contributed by atoms with Gasteiger partial charge in [-0.1, -0.05) is 124 Å². The molecule has 7 nitrogen and oxygen atoms in total. The van der Waals surface area contributed by atoms with Gasteiger partial charge in [0.1, 0.15) is 5.88 Å². The molecule has 2 N–H and O–H groups in total. The Morgan fingerprint density at radius 1 is 0.585 bits per heavy atom. The molecule has 0 saturated heterocycles. The molecule has 0 bridgehead atoms. The highest BCUT2D eigenvalue weighted by atomic mass is 79.9. The molecule has 2 heterocycles. The minimum Gasteiger partial charge on any atom is -0.326 e. The number of halogens is 1. The number of sulfone groups is 1. The molecule has 0 radical (unpaired) electrons. The average Bonchev–Trinajstić information content (AvgIpc) is 3.30. The summed E-state index contributed by atoms with van der Waals surface area (Å²) in [5.41, 5.74) is 12.9. The Labute approximate surface area is 399 Å². The molecule has 11 heteroatoms. The monoisotopic (exact) mass is 977 g/mol. The van der Waals surface area contributed by atoms with E-state index in [1.54, 1.807) is 23.9 Å². The number of rotatable bonds is 8. The van der Waals surface area contributed by atoms with Crippen LogP contribution in [0.2, 0.25) is 0 Å². The van der Waals surface area contributed by atoms with Crippen molar-refractivity contribution in [1.82, 2.24) is 0 Å². The SMILES string of the molecule is C=C(c1ccc(NC(C)=O)cc1)c1ccc2c(c1)Cc1ccccc1S2.CC(=NCS(=O)(=O)c1ccc(C)cc1)c1ccc2c(c1)Cc1ccccc1S2.CC(=O)Nc1ccc(Br)cc1. The second kappa shape index (κ2) is 21.3. The zero-order chi connectivity index (χ0) is 46.1. The van der Waals surface area contributed by atoms with Crippen molar-refractivity contribution in [3.63, 3.8) is 0 Å². The van der Waals surface area contributed by atoms with E-state index in [-0.39, 0.29) is 17.7 Å². The molecule has 9 rings (SSSR count). The van der Waals surface area contributed by atoms with E-state index in [9.17, 15) is 18.0 Å². The van der Waals surface area contributed by atoms with E-state index in [4.69, 9.17) is 0 Å². The maximum absolute atomic E-state index is 12.5. The Kier molecular flexibility index (Phi) is 15.4. The van der Waals surface area contributed by atoms with Gasteiger partial charge in [-0.05, 0) is 156 Å². The summed E-state index contributed by atoms with van der Waals surface area (Å²) in [4.78, 5) is 31.6. The highest BCUT2D eigenvalue weighted by molar-refractivity contribution is 9.10. The van der Waals surface area contributed by atoms with Gasteiger partial charge in [-0.15, -0.1) is 0 Å². The highest BCUT2D eigenvalue weighted by Crippen LogP contribution is 2.41. The zero-order valence-corrected chi connectivity index (χ0v) is 40.6. The first-order valence-corrected chi connectivity index (χ1v) is 25.0. The van der Waals surface area contributed by atoms with E-state index in [1.165, 1.54) is 55.7 Å². The van der Waals surface area contributed by atoms with Crippen molar-refractivity contribution in [2.24, 2.45) is 4.99 Å². The number of amides is 2. The van der Waals surface area contributed by atoms with Gasteiger partial charge in [0.25, 0.3) is 0 Å². The normalized spacial score (nSPS) is 12.3. The van der Waals surface area contributed by atoms with Gasteiger partial charge in [0, 0.05) is 55.0 Å². The molecule has 7 aromatic carbocycles. The quantitative estimate of drug-likeness (QED) is 0.147. The Balaban J connectivity index is 0.000000158. The lowest BCUT2D eigenvalue weighted by Gasteiger charge is -2.20. The second-order valence-corrected chi connectivity index (χ2v) is 20.7. The van der Waals surface area contributed by atoms with Crippen molar-refractivity contribution < 1.29 is 18.0 Å². The molecule has 0 fully saturated rings. The van der Waals surface area contributed by atoms with Gasteiger partial charge in [0.2, 0.25) is 11.8 Å². The molecule has 328 valence electrons. The molecule has 2 aliphatic heterocycles. The fraction of sp³-hybridized carbons (Fsp3) is 0.130. The molecule has 0 aromatic heterocycles. The number of nitrogens with one attached hydrogen (secondary N) is 2. The molecule has 7 aromatic rings. The molecule has 0 aliphatic carbocycles. The van der Waals surface area contributed by atoms with Gasteiger partial charge in [-0.2, -0.15) is 0 Å². The van der Waals surface area contributed by atoms with E-state index >= 15 is 0 Å². The van der Waals surface area contributed by atoms with E-state index in [2.05, 4.69) is 117 Å². The first kappa shape index (κ1) is 47.0. The summed E-state index contributed by atoms with van der Waals surface area (Å²) in [5.74, 6) is -0.354. The Morgan fingerprint density at radius 3 is 1.55 bits per heavy atom. The van der Waals surface area contributed by atoms with E-state index in [1.807, 2.05) is 92.3 Å². The number of carbonyl (C=O) groups is 2. The summed E-state index contributed by atoms with van der Waals surface area (Å²) in [6.07, 6.45) is 1.85. The fourth-order valence-corrected chi connectivity index (χ4v) is 10.6. The van der Waals surface area contributed by atoms with Crippen molar-refractivity contribution in [1.29, 1.82) is 0 Å². The molecule has 2 aliphatic rings. The second-order valence-electron chi connectivity index (χ2n) is 15.6. The number of anilines is 2. The van der Waals surface area contributed by atoms with Crippen LogP contribution >= 0.6 is 39.5 Å². The summed E-state index contributed by atoms with van der Waals surface area (Å²) in [6, 6.07) is 52.0. The number of aryl methyl sites for hydroxylation is 1. The van der Waals surface area contributed by atoms with E-state index < -0.39 is 9.84 Å².